The largest absolute Gasteiger partial charge is 0.337 e. The van der Waals surface area contributed by atoms with E-state index in [0.717, 1.165) is 11.0 Å². The summed E-state index contributed by atoms with van der Waals surface area (Å²) in [6.45, 7) is 1.58. The lowest BCUT2D eigenvalue weighted by atomic mass is 10.1. The average molecular weight is 441 g/mol. The van der Waals surface area contributed by atoms with Crippen LogP contribution in [0.15, 0.2) is 57.3 Å². The molecule has 2 aliphatic heterocycles. The molecular weight excluding hydrogens is 427 g/mol. The van der Waals surface area contributed by atoms with E-state index in [1.165, 1.54) is 17.1 Å². The Balaban J connectivity index is 1.36. The van der Waals surface area contributed by atoms with Gasteiger partial charge in [0.15, 0.2) is 12.1 Å². The van der Waals surface area contributed by atoms with Gasteiger partial charge in [-0.15, -0.1) is 0 Å². The van der Waals surface area contributed by atoms with Crippen molar-refractivity contribution in [3.05, 3.63) is 64.8 Å². The van der Waals surface area contributed by atoms with Crippen molar-refractivity contribution in [2.75, 3.05) is 4.90 Å². The fourth-order valence-corrected chi connectivity index (χ4v) is 3.63. The van der Waals surface area contributed by atoms with Gasteiger partial charge in [-0.25, -0.2) is 9.29 Å². The smallest absolute Gasteiger partial charge is 0.263 e. The number of imide groups is 1. The van der Waals surface area contributed by atoms with Crippen LogP contribution in [0.1, 0.15) is 11.5 Å². The van der Waals surface area contributed by atoms with Gasteiger partial charge in [-0.3, -0.25) is 14.6 Å². The van der Waals surface area contributed by atoms with Crippen LogP contribution in [-0.2, 0) is 16.1 Å². The molecule has 2 aromatic carbocycles. The summed E-state index contributed by atoms with van der Waals surface area (Å²) in [5.74, 6) is -1.05. The maximum atomic E-state index is 14.0. The SMILES string of the molecule is Cc1ccc(N2C(=O)[C@H]3N=NN(Cc4nc(-c5ccc(Cl)cc5)no4)[C@@H]3C2=O)cc1F. The van der Waals surface area contributed by atoms with E-state index in [9.17, 15) is 14.0 Å². The molecule has 0 aliphatic carbocycles. The Labute approximate surface area is 180 Å². The standard InChI is InChI=1S/C20H14ClFN6O3/c1-10-2-7-13(8-14(10)22)28-19(29)16-17(20(28)30)27(26-24-16)9-15-23-18(25-31-15)11-3-5-12(21)6-4-11/h2-8,16-17H,9H2,1H3/t16-,17-/m0/s1. The lowest BCUT2D eigenvalue weighted by Gasteiger charge is -2.19. The fraction of sp³-hybridized carbons (Fsp3) is 0.200. The topological polar surface area (TPSA) is 104 Å². The first-order chi connectivity index (χ1) is 14.9. The van der Waals surface area contributed by atoms with Crippen molar-refractivity contribution >= 4 is 29.1 Å². The number of aromatic nitrogens is 2. The number of aryl methyl sites for hydroxylation is 1. The number of carbonyl (C=O) groups is 2. The fourth-order valence-electron chi connectivity index (χ4n) is 3.50. The van der Waals surface area contributed by atoms with E-state index < -0.39 is 29.7 Å². The molecule has 31 heavy (non-hydrogen) atoms. The van der Waals surface area contributed by atoms with E-state index in [4.69, 9.17) is 16.1 Å². The van der Waals surface area contributed by atoms with Crippen LogP contribution in [0.5, 0.6) is 0 Å². The zero-order valence-corrected chi connectivity index (χ0v) is 16.8. The van der Waals surface area contributed by atoms with Crippen LogP contribution in [0.2, 0.25) is 5.02 Å². The van der Waals surface area contributed by atoms with Crippen molar-refractivity contribution in [2.24, 2.45) is 10.3 Å². The molecule has 0 N–H and O–H groups in total. The summed E-state index contributed by atoms with van der Waals surface area (Å²) in [6.07, 6.45) is 0. The van der Waals surface area contributed by atoms with Crippen molar-refractivity contribution in [3.8, 4) is 11.4 Å². The van der Waals surface area contributed by atoms with Gasteiger partial charge in [-0.1, -0.05) is 28.0 Å². The molecule has 2 aliphatic rings. The third kappa shape index (κ3) is 3.25. The molecule has 11 heteroatoms. The van der Waals surface area contributed by atoms with Gasteiger partial charge in [0.1, 0.15) is 12.4 Å². The van der Waals surface area contributed by atoms with E-state index >= 15 is 0 Å². The minimum Gasteiger partial charge on any atom is -0.337 e. The minimum atomic E-state index is -1.00. The molecular formula is C20H14ClFN6O3. The number of hydrogen-bond acceptors (Lipinski definition) is 8. The monoisotopic (exact) mass is 440 g/mol. The number of anilines is 1. The van der Waals surface area contributed by atoms with Gasteiger partial charge < -0.3 is 4.52 Å². The number of rotatable bonds is 4. The third-order valence-corrected chi connectivity index (χ3v) is 5.39. The van der Waals surface area contributed by atoms with Crippen LogP contribution in [0.4, 0.5) is 10.1 Å². The highest BCUT2D eigenvalue weighted by molar-refractivity contribution is 6.30. The molecule has 1 aromatic heterocycles. The molecule has 1 saturated heterocycles. The van der Waals surface area contributed by atoms with Crippen LogP contribution in [0.3, 0.4) is 0 Å². The number of amides is 2. The zero-order valence-electron chi connectivity index (χ0n) is 16.1. The Morgan fingerprint density at radius 2 is 1.90 bits per heavy atom. The van der Waals surface area contributed by atoms with Crippen molar-refractivity contribution in [1.82, 2.24) is 15.1 Å². The van der Waals surface area contributed by atoms with E-state index in [0.29, 0.717) is 22.0 Å². The third-order valence-electron chi connectivity index (χ3n) is 5.14. The first-order valence-corrected chi connectivity index (χ1v) is 9.70. The Bertz CT molecular complexity index is 1230. The van der Waals surface area contributed by atoms with Crippen LogP contribution in [-0.4, -0.2) is 39.0 Å². The van der Waals surface area contributed by atoms with Crippen LogP contribution < -0.4 is 4.90 Å². The van der Waals surface area contributed by atoms with Crippen LogP contribution in [0, 0.1) is 12.7 Å². The summed E-state index contributed by atoms with van der Waals surface area (Å²) in [7, 11) is 0. The van der Waals surface area contributed by atoms with Gasteiger partial charge in [0.2, 0.25) is 11.7 Å². The quantitative estimate of drug-likeness (QED) is 0.576. The van der Waals surface area contributed by atoms with Crippen molar-refractivity contribution < 1.29 is 18.5 Å². The molecule has 1 fully saturated rings. The molecule has 3 heterocycles. The average Bonchev–Trinajstić information content (AvgIpc) is 3.44. The van der Waals surface area contributed by atoms with Gasteiger partial charge in [0.25, 0.3) is 11.8 Å². The molecule has 0 radical (unpaired) electrons. The first-order valence-electron chi connectivity index (χ1n) is 9.32. The van der Waals surface area contributed by atoms with Gasteiger partial charge in [0.05, 0.1) is 5.69 Å². The van der Waals surface area contributed by atoms with Crippen LogP contribution >= 0.6 is 11.6 Å². The highest BCUT2D eigenvalue weighted by Crippen LogP contribution is 2.33. The summed E-state index contributed by atoms with van der Waals surface area (Å²) >= 11 is 5.89. The second kappa shape index (κ2) is 7.24. The molecule has 0 saturated carbocycles. The van der Waals surface area contributed by atoms with Gasteiger partial charge >= 0.3 is 0 Å². The number of benzene rings is 2. The van der Waals surface area contributed by atoms with Crippen molar-refractivity contribution in [1.29, 1.82) is 0 Å². The van der Waals surface area contributed by atoms with Gasteiger partial charge in [0, 0.05) is 10.6 Å². The molecule has 5 rings (SSSR count). The molecule has 2 atom stereocenters. The summed E-state index contributed by atoms with van der Waals surface area (Å²) in [4.78, 5) is 31.0. The minimum absolute atomic E-state index is 0.0135. The number of fused-ring (bicyclic) bond motifs is 1. The molecule has 0 bridgehead atoms. The molecule has 0 unspecified atom stereocenters. The van der Waals surface area contributed by atoms with Crippen molar-refractivity contribution in [2.45, 2.75) is 25.6 Å². The van der Waals surface area contributed by atoms with E-state index in [1.807, 2.05) is 0 Å². The van der Waals surface area contributed by atoms with Gasteiger partial charge in [-0.05, 0) is 48.9 Å². The molecule has 156 valence electrons. The summed E-state index contributed by atoms with van der Waals surface area (Å²) in [5.41, 5.74) is 1.28. The summed E-state index contributed by atoms with van der Waals surface area (Å²) < 4.78 is 19.2. The highest BCUT2D eigenvalue weighted by Gasteiger charge is 2.55. The Morgan fingerprint density at radius 1 is 1.13 bits per heavy atom. The number of hydrogen-bond donors (Lipinski definition) is 0. The summed E-state index contributed by atoms with van der Waals surface area (Å²) in [5, 5.41) is 13.7. The normalized spacial score (nSPS) is 20.1. The Kier molecular flexibility index (Phi) is 4.51. The predicted molar refractivity (Wildman–Crippen MR) is 106 cm³/mol. The molecule has 2 amide bonds. The van der Waals surface area contributed by atoms with E-state index in [-0.39, 0.29) is 18.1 Å². The van der Waals surface area contributed by atoms with Gasteiger partial charge in [-0.2, -0.15) is 10.1 Å². The lowest BCUT2D eigenvalue weighted by molar-refractivity contribution is -0.123. The molecule has 9 nitrogen and oxygen atoms in total. The van der Waals surface area contributed by atoms with E-state index in [2.05, 4.69) is 20.5 Å². The second-order valence-corrected chi connectivity index (χ2v) is 7.59. The summed E-state index contributed by atoms with van der Waals surface area (Å²) in [6, 6.07) is 9.14. The number of nitrogens with zero attached hydrogens (tertiary/aromatic N) is 6. The lowest BCUT2D eigenvalue weighted by Crippen LogP contribution is -2.39. The Morgan fingerprint density at radius 3 is 2.65 bits per heavy atom. The van der Waals surface area contributed by atoms with E-state index in [1.54, 1.807) is 31.2 Å². The highest BCUT2D eigenvalue weighted by atomic mass is 35.5. The number of halogens is 2. The maximum absolute atomic E-state index is 14.0. The second-order valence-electron chi connectivity index (χ2n) is 7.16. The molecule has 3 aromatic rings. The van der Waals surface area contributed by atoms with Crippen LogP contribution in [0.25, 0.3) is 11.4 Å². The first kappa shape index (κ1) is 19.3. The zero-order chi connectivity index (χ0) is 21.7. The Hall–Kier alpha value is -3.66. The molecule has 0 spiro atoms. The van der Waals surface area contributed by atoms with Crippen molar-refractivity contribution in [3.63, 3.8) is 0 Å². The number of carbonyl (C=O) groups excluding carboxylic acids is 2. The maximum Gasteiger partial charge on any atom is 0.263 e. The predicted octanol–water partition coefficient (Wildman–Crippen LogP) is 3.33.